The summed E-state index contributed by atoms with van der Waals surface area (Å²) in [5.41, 5.74) is -1.81. The third-order valence-corrected chi connectivity index (χ3v) is 8.07. The number of halogens is 9. The molecule has 0 N–H and O–H groups in total. The van der Waals surface area contributed by atoms with Gasteiger partial charge in [-0.15, -0.1) is 0 Å². The van der Waals surface area contributed by atoms with Gasteiger partial charge in [0.05, 0.1) is 0 Å². The Labute approximate surface area is 164 Å². The van der Waals surface area contributed by atoms with Crippen molar-refractivity contribution in [3.8, 4) is 0 Å². The lowest BCUT2D eigenvalue weighted by molar-refractivity contribution is -0.160. The minimum atomic E-state index is -4.64. The number of hydrogen-bond acceptors (Lipinski definition) is 4. The Kier molecular flexibility index (Phi) is 11.8. The molecule has 0 spiro atoms. The van der Waals surface area contributed by atoms with E-state index in [4.69, 9.17) is 12.3 Å². The van der Waals surface area contributed by atoms with Crippen LogP contribution in [0.3, 0.4) is 0 Å². The molecule has 0 unspecified atom stereocenters. The second-order valence-corrected chi connectivity index (χ2v) is 12.0. The lowest BCUT2D eigenvalue weighted by atomic mass is 9.82. The number of hydrogen-bond donors (Lipinski definition) is 0. The van der Waals surface area contributed by atoms with Gasteiger partial charge in [0, 0.05) is 24.8 Å². The van der Waals surface area contributed by atoms with Gasteiger partial charge >= 0.3 is 18.5 Å². The number of rotatable bonds is 7. The molecule has 1 saturated heterocycles. The minimum absolute atomic E-state index is 0.493. The molecule has 0 aromatic carbocycles. The summed E-state index contributed by atoms with van der Waals surface area (Å²) < 4.78 is 126. The molecule has 1 rings (SSSR count). The van der Waals surface area contributed by atoms with Crippen molar-refractivity contribution < 1.29 is 51.9 Å². The average Bonchev–Trinajstić information content (AvgIpc) is 2.54. The Hall–Kier alpha value is -0.139. The van der Waals surface area contributed by atoms with Gasteiger partial charge in [-0.2, -0.15) is 39.5 Å². The molecule has 0 amide bonds. The second-order valence-electron chi connectivity index (χ2n) is 6.43. The van der Waals surface area contributed by atoms with Crippen molar-refractivity contribution in [2.75, 3.05) is 14.1 Å². The predicted octanol–water partition coefficient (Wildman–Crippen LogP) is 2.36. The summed E-state index contributed by atoms with van der Waals surface area (Å²) in [4.78, 5) is 1.04. The highest BCUT2D eigenvalue weighted by Crippen LogP contribution is 2.39. The van der Waals surface area contributed by atoms with Crippen LogP contribution in [0.4, 0.5) is 39.5 Å². The molecular weight excluding hydrogens is 461 g/mol. The van der Waals surface area contributed by atoms with Gasteiger partial charge in [0.25, 0.3) is 30.0 Å². The normalized spacial score (nSPS) is 19.3. The van der Waals surface area contributed by atoms with Crippen molar-refractivity contribution in [3.05, 3.63) is 0 Å². The standard InChI is InChI=1S/C12H18F9N.H6O3Si3/c1-22(2)9(3-6-10(13,14)15,4-7-11(16,17)18)5-8-12(19,20)21;1-4-2-6-3-5-1/h3-8H2,1-2H3;4-6H2. The molecule has 0 atom stereocenters. The van der Waals surface area contributed by atoms with E-state index in [2.05, 4.69) is 0 Å². The Morgan fingerprint density at radius 3 is 0.929 bits per heavy atom. The Bertz CT molecular complexity index is 372. The Morgan fingerprint density at radius 1 is 0.536 bits per heavy atom. The first-order valence-electron chi connectivity index (χ1n) is 8.17. The summed E-state index contributed by atoms with van der Waals surface area (Å²) in [6.45, 7) is 0. The molecule has 28 heavy (non-hydrogen) atoms. The van der Waals surface area contributed by atoms with Crippen LogP contribution in [-0.4, -0.2) is 73.1 Å². The third kappa shape index (κ3) is 14.8. The van der Waals surface area contributed by atoms with Gasteiger partial charge in [-0.3, -0.25) is 0 Å². The maximum Gasteiger partial charge on any atom is 0.389 e. The molecular formula is C12H24F9NO3Si3. The van der Waals surface area contributed by atoms with Gasteiger partial charge in [-0.25, -0.2) is 0 Å². The van der Waals surface area contributed by atoms with Crippen LogP contribution in [-0.2, 0) is 12.3 Å². The van der Waals surface area contributed by atoms with E-state index in [9.17, 15) is 39.5 Å². The van der Waals surface area contributed by atoms with Crippen LogP contribution in [0.15, 0.2) is 0 Å². The van der Waals surface area contributed by atoms with E-state index < -0.39 is 92.6 Å². The summed E-state index contributed by atoms with van der Waals surface area (Å²) in [5.74, 6) is 0. The number of nitrogens with zero attached hydrogens (tertiary/aromatic N) is 1. The summed E-state index contributed by atoms with van der Waals surface area (Å²) in [7, 11) is 0.916. The smallest absolute Gasteiger partial charge is 0.389 e. The van der Waals surface area contributed by atoms with Crippen molar-refractivity contribution in [1.82, 2.24) is 4.90 Å². The van der Waals surface area contributed by atoms with Crippen LogP contribution >= 0.6 is 0 Å². The van der Waals surface area contributed by atoms with E-state index in [0.29, 0.717) is 0 Å². The molecule has 1 fully saturated rings. The lowest BCUT2D eigenvalue weighted by Gasteiger charge is -2.41. The highest BCUT2D eigenvalue weighted by molar-refractivity contribution is 6.50. The van der Waals surface area contributed by atoms with E-state index in [-0.39, 0.29) is 0 Å². The maximum atomic E-state index is 12.3. The van der Waals surface area contributed by atoms with Crippen molar-refractivity contribution in [2.45, 2.75) is 62.6 Å². The maximum absolute atomic E-state index is 12.3. The molecule has 0 aliphatic carbocycles. The Morgan fingerprint density at radius 2 is 0.786 bits per heavy atom. The zero-order valence-corrected chi connectivity index (χ0v) is 19.7. The molecule has 1 heterocycles. The molecule has 1 aliphatic heterocycles. The first-order valence-corrected chi connectivity index (χ1v) is 11.6. The molecule has 1 aliphatic rings. The van der Waals surface area contributed by atoms with Gasteiger partial charge in [0.1, 0.15) is 0 Å². The topological polar surface area (TPSA) is 30.9 Å². The van der Waals surface area contributed by atoms with Crippen molar-refractivity contribution in [2.24, 2.45) is 0 Å². The summed E-state index contributed by atoms with van der Waals surface area (Å²) >= 11 is 0. The molecule has 170 valence electrons. The highest BCUT2D eigenvalue weighted by atomic mass is 28.4. The van der Waals surface area contributed by atoms with E-state index in [1.54, 1.807) is 0 Å². The van der Waals surface area contributed by atoms with Gasteiger partial charge in [0.15, 0.2) is 0 Å². The van der Waals surface area contributed by atoms with Gasteiger partial charge < -0.3 is 17.2 Å². The second kappa shape index (κ2) is 11.9. The van der Waals surface area contributed by atoms with Gasteiger partial charge in [0.2, 0.25) is 0 Å². The van der Waals surface area contributed by atoms with E-state index in [0.717, 1.165) is 4.90 Å². The first kappa shape index (κ1) is 27.9. The molecule has 0 saturated carbocycles. The van der Waals surface area contributed by atoms with E-state index >= 15 is 0 Å². The SMILES string of the molecule is CN(C)C(CCC(F)(F)F)(CCC(F)(F)F)CCC(F)(F)F.O1[SiH2]O[SiH2]O[SiH2]1. The predicted molar refractivity (Wildman–Crippen MR) is 91.2 cm³/mol. The Balaban J connectivity index is 0.00000102. The fraction of sp³-hybridized carbons (Fsp3) is 1.00. The van der Waals surface area contributed by atoms with Crippen LogP contribution in [0.1, 0.15) is 38.5 Å². The summed E-state index contributed by atoms with van der Waals surface area (Å²) in [6.07, 6.45) is -20.6. The fourth-order valence-corrected chi connectivity index (χ4v) is 7.86. The lowest BCUT2D eigenvalue weighted by Crippen LogP contribution is -2.46. The van der Waals surface area contributed by atoms with Crippen LogP contribution in [0, 0.1) is 0 Å². The average molecular weight is 486 g/mol. The molecule has 0 aromatic heterocycles. The fourth-order valence-electron chi connectivity index (χ4n) is 2.45. The quantitative estimate of drug-likeness (QED) is 0.409. The molecule has 0 radical (unpaired) electrons. The van der Waals surface area contributed by atoms with E-state index in [1.165, 1.54) is 14.1 Å². The van der Waals surface area contributed by atoms with Crippen LogP contribution in [0.25, 0.3) is 0 Å². The van der Waals surface area contributed by atoms with Crippen molar-refractivity contribution in [3.63, 3.8) is 0 Å². The van der Waals surface area contributed by atoms with Crippen LogP contribution < -0.4 is 0 Å². The van der Waals surface area contributed by atoms with Gasteiger partial charge in [-0.05, 0) is 33.4 Å². The third-order valence-electron chi connectivity index (χ3n) is 4.07. The number of alkyl halides is 9. The van der Waals surface area contributed by atoms with Gasteiger partial charge in [-0.1, -0.05) is 0 Å². The largest absolute Gasteiger partial charge is 0.425 e. The first-order chi connectivity index (χ1) is 12.6. The molecule has 16 heteroatoms. The monoisotopic (exact) mass is 485 g/mol. The minimum Gasteiger partial charge on any atom is -0.425 e. The molecule has 0 bridgehead atoms. The molecule has 0 aromatic rings. The summed E-state index contributed by atoms with van der Waals surface area (Å²) in [5, 5.41) is 0. The zero-order chi connectivity index (χ0) is 22.1. The molecule has 4 nitrogen and oxygen atoms in total. The summed E-state index contributed by atoms with van der Waals surface area (Å²) in [6, 6.07) is 0. The zero-order valence-electron chi connectivity index (χ0n) is 15.4. The van der Waals surface area contributed by atoms with Crippen molar-refractivity contribution in [1.29, 1.82) is 0 Å². The highest BCUT2D eigenvalue weighted by Gasteiger charge is 2.43. The van der Waals surface area contributed by atoms with Crippen LogP contribution in [0.5, 0.6) is 0 Å². The van der Waals surface area contributed by atoms with Crippen LogP contribution in [0.2, 0.25) is 0 Å². The van der Waals surface area contributed by atoms with Crippen molar-refractivity contribution >= 4 is 30.0 Å². The van der Waals surface area contributed by atoms with E-state index in [1.807, 2.05) is 0 Å².